The first-order valence-corrected chi connectivity index (χ1v) is 8.62. The molecule has 0 spiro atoms. The Balaban J connectivity index is 1.86. The van der Waals surface area contributed by atoms with Crippen molar-refractivity contribution in [1.29, 1.82) is 0 Å². The molecule has 1 N–H and O–H groups in total. The first kappa shape index (κ1) is 14.5. The van der Waals surface area contributed by atoms with Crippen molar-refractivity contribution in [2.75, 3.05) is 11.6 Å². The van der Waals surface area contributed by atoms with Crippen LogP contribution in [0.15, 0.2) is 60.9 Å². The van der Waals surface area contributed by atoms with Crippen LogP contribution in [-0.2, 0) is 16.6 Å². The Bertz CT molecular complexity index is 821. The van der Waals surface area contributed by atoms with Gasteiger partial charge in [-0.25, -0.2) is 0 Å². The lowest BCUT2D eigenvalue weighted by Crippen LogP contribution is -2.13. The lowest BCUT2D eigenvalue weighted by atomic mass is 10.2. The maximum atomic E-state index is 12.4. The van der Waals surface area contributed by atoms with E-state index in [0.29, 0.717) is 17.0 Å². The maximum Gasteiger partial charge on any atom is 0.257 e. The number of carbonyl (C=O) groups excluding carboxylic acids is 1. The number of amides is 1. The number of nitrogens with one attached hydrogen (secondary N) is 1. The molecule has 3 rings (SSSR count). The highest BCUT2D eigenvalue weighted by atomic mass is 32.2. The zero-order valence-corrected chi connectivity index (χ0v) is 13.0. The number of carbonyl (C=O) groups is 1. The lowest BCUT2D eigenvalue weighted by molar-refractivity contribution is 0.102. The normalized spacial score (nSPS) is 12.2. The molecule has 2 aromatic heterocycles. The minimum Gasteiger partial charge on any atom is -0.323 e. The van der Waals surface area contributed by atoms with E-state index in [1.807, 2.05) is 59.1 Å². The van der Waals surface area contributed by atoms with Crippen LogP contribution in [0, 0.1) is 0 Å². The fraction of sp³-hybridized carbons (Fsp3) is 0.118. The fourth-order valence-electron chi connectivity index (χ4n) is 2.36. The summed E-state index contributed by atoms with van der Waals surface area (Å²) in [6.07, 6.45) is 5.35. The Morgan fingerprint density at radius 1 is 1.18 bits per heavy atom. The molecule has 0 fully saturated rings. The van der Waals surface area contributed by atoms with E-state index in [1.165, 1.54) is 0 Å². The molecule has 112 valence electrons. The van der Waals surface area contributed by atoms with Crippen LogP contribution < -0.4 is 5.32 Å². The summed E-state index contributed by atoms with van der Waals surface area (Å²) in [5, 5.41) is 2.91. The summed E-state index contributed by atoms with van der Waals surface area (Å²) in [4.78, 5) is 12.4. The molecular weight excluding hydrogens is 296 g/mol. The van der Waals surface area contributed by atoms with E-state index in [-0.39, 0.29) is 5.91 Å². The fourth-order valence-corrected chi connectivity index (χ4v) is 3.05. The number of anilines is 1. The SMILES string of the molecule is CS(=O)Cc1ccccc1NC(=O)c1cc2ccccn2c1. The van der Waals surface area contributed by atoms with Crippen molar-refractivity contribution in [2.24, 2.45) is 0 Å². The number of fused-ring (bicyclic) bond motifs is 1. The molecule has 0 saturated carbocycles. The largest absolute Gasteiger partial charge is 0.323 e. The van der Waals surface area contributed by atoms with Crippen LogP contribution >= 0.6 is 0 Å². The lowest BCUT2D eigenvalue weighted by Gasteiger charge is -2.09. The molecule has 0 aliphatic carbocycles. The second kappa shape index (κ2) is 6.15. The van der Waals surface area contributed by atoms with Gasteiger partial charge in [0.1, 0.15) is 0 Å². The Hall–Kier alpha value is -2.40. The van der Waals surface area contributed by atoms with Crippen LogP contribution in [0.4, 0.5) is 5.69 Å². The van der Waals surface area contributed by atoms with Crippen LogP contribution in [0.1, 0.15) is 15.9 Å². The number of hydrogen-bond donors (Lipinski definition) is 1. The molecule has 4 nitrogen and oxygen atoms in total. The average Bonchev–Trinajstić information content (AvgIpc) is 2.93. The molecule has 1 aromatic carbocycles. The third kappa shape index (κ3) is 3.09. The van der Waals surface area contributed by atoms with Gasteiger partial charge in [0.15, 0.2) is 0 Å². The molecule has 3 aromatic rings. The van der Waals surface area contributed by atoms with Gasteiger partial charge in [-0.05, 0) is 29.8 Å². The van der Waals surface area contributed by atoms with Crippen molar-refractivity contribution < 1.29 is 9.00 Å². The second-order valence-corrected chi connectivity index (χ2v) is 6.53. The van der Waals surface area contributed by atoms with Gasteiger partial charge < -0.3 is 9.72 Å². The molecule has 2 heterocycles. The molecule has 0 saturated heterocycles. The summed E-state index contributed by atoms with van der Waals surface area (Å²) < 4.78 is 13.3. The standard InChI is InChI=1S/C17H16N2O2S/c1-22(21)12-13-6-2-3-8-16(13)18-17(20)14-10-15-7-4-5-9-19(15)11-14/h2-11H,12H2,1H3,(H,18,20). The number of para-hydroxylation sites is 1. The molecule has 0 bridgehead atoms. The molecule has 0 aliphatic heterocycles. The second-order valence-electron chi connectivity index (χ2n) is 5.09. The number of hydrogen-bond acceptors (Lipinski definition) is 2. The van der Waals surface area contributed by atoms with E-state index in [2.05, 4.69) is 5.32 Å². The number of aromatic nitrogens is 1. The smallest absolute Gasteiger partial charge is 0.257 e. The molecule has 0 radical (unpaired) electrons. The summed E-state index contributed by atoms with van der Waals surface area (Å²) in [6.45, 7) is 0. The quantitative estimate of drug-likeness (QED) is 0.805. The van der Waals surface area contributed by atoms with E-state index in [4.69, 9.17) is 0 Å². The predicted octanol–water partition coefficient (Wildman–Crippen LogP) is 3.07. The molecule has 0 aliphatic rings. The van der Waals surface area contributed by atoms with Crippen LogP contribution in [0.2, 0.25) is 0 Å². The maximum absolute atomic E-state index is 12.4. The highest BCUT2D eigenvalue weighted by molar-refractivity contribution is 7.83. The molecular formula is C17H16N2O2S. The summed E-state index contributed by atoms with van der Waals surface area (Å²) in [6, 6.07) is 15.1. The number of rotatable bonds is 4. The number of benzene rings is 1. The van der Waals surface area contributed by atoms with Crippen LogP contribution in [0.5, 0.6) is 0 Å². The molecule has 1 atom stereocenters. The van der Waals surface area contributed by atoms with E-state index >= 15 is 0 Å². The van der Waals surface area contributed by atoms with Crippen molar-refractivity contribution >= 4 is 27.9 Å². The van der Waals surface area contributed by atoms with Gasteiger partial charge >= 0.3 is 0 Å². The Labute approximate surface area is 131 Å². The third-order valence-corrected chi connectivity index (χ3v) is 4.11. The van der Waals surface area contributed by atoms with Crippen molar-refractivity contribution in [3.63, 3.8) is 0 Å². The van der Waals surface area contributed by atoms with Crippen molar-refractivity contribution in [3.05, 3.63) is 72.1 Å². The number of nitrogens with zero attached hydrogens (tertiary/aromatic N) is 1. The van der Waals surface area contributed by atoms with Gasteiger partial charge in [0.05, 0.1) is 11.3 Å². The van der Waals surface area contributed by atoms with Gasteiger partial charge in [0.2, 0.25) is 0 Å². The summed E-state index contributed by atoms with van der Waals surface area (Å²) >= 11 is 0. The predicted molar refractivity (Wildman–Crippen MR) is 89.6 cm³/mol. The first-order chi connectivity index (χ1) is 10.6. The van der Waals surface area contributed by atoms with Gasteiger partial charge in [-0.15, -0.1) is 0 Å². The van der Waals surface area contributed by atoms with Gasteiger partial charge in [-0.2, -0.15) is 0 Å². The van der Waals surface area contributed by atoms with Gasteiger partial charge in [-0.3, -0.25) is 9.00 Å². The van der Waals surface area contributed by atoms with Crippen LogP contribution in [0.25, 0.3) is 5.52 Å². The Kier molecular flexibility index (Phi) is 4.06. The van der Waals surface area contributed by atoms with Gasteiger partial charge in [-0.1, -0.05) is 24.3 Å². The Morgan fingerprint density at radius 3 is 2.73 bits per heavy atom. The van der Waals surface area contributed by atoms with Crippen LogP contribution in [-0.4, -0.2) is 20.8 Å². The van der Waals surface area contributed by atoms with Gasteiger partial charge in [0.25, 0.3) is 5.91 Å². The Morgan fingerprint density at radius 2 is 1.95 bits per heavy atom. The average molecular weight is 312 g/mol. The third-order valence-electron chi connectivity index (χ3n) is 3.39. The minimum atomic E-state index is -0.954. The monoisotopic (exact) mass is 312 g/mol. The molecule has 1 amide bonds. The minimum absolute atomic E-state index is 0.168. The zero-order chi connectivity index (χ0) is 15.5. The van der Waals surface area contributed by atoms with E-state index in [9.17, 15) is 9.00 Å². The summed E-state index contributed by atoms with van der Waals surface area (Å²) in [7, 11) is -0.954. The van der Waals surface area contributed by atoms with E-state index < -0.39 is 10.8 Å². The topological polar surface area (TPSA) is 50.6 Å². The number of pyridine rings is 1. The van der Waals surface area contributed by atoms with Crippen molar-refractivity contribution in [3.8, 4) is 0 Å². The van der Waals surface area contributed by atoms with Crippen molar-refractivity contribution in [2.45, 2.75) is 5.75 Å². The van der Waals surface area contributed by atoms with E-state index in [0.717, 1.165) is 11.1 Å². The van der Waals surface area contributed by atoms with E-state index in [1.54, 1.807) is 12.5 Å². The highest BCUT2D eigenvalue weighted by Gasteiger charge is 2.11. The molecule has 22 heavy (non-hydrogen) atoms. The highest BCUT2D eigenvalue weighted by Crippen LogP contribution is 2.18. The summed E-state index contributed by atoms with van der Waals surface area (Å²) in [5.74, 6) is 0.256. The molecule has 5 heteroatoms. The summed E-state index contributed by atoms with van der Waals surface area (Å²) in [5.41, 5.74) is 3.15. The van der Waals surface area contributed by atoms with Crippen LogP contribution in [0.3, 0.4) is 0 Å². The zero-order valence-electron chi connectivity index (χ0n) is 12.2. The van der Waals surface area contributed by atoms with Gasteiger partial charge in [0, 0.05) is 40.7 Å². The first-order valence-electron chi connectivity index (χ1n) is 6.89. The van der Waals surface area contributed by atoms with Crippen molar-refractivity contribution in [1.82, 2.24) is 4.40 Å². The molecule has 1 unspecified atom stereocenters.